The van der Waals surface area contributed by atoms with Crippen molar-refractivity contribution in [3.63, 3.8) is 0 Å². The molecule has 0 saturated heterocycles. The molecule has 0 saturated carbocycles. The summed E-state index contributed by atoms with van der Waals surface area (Å²) in [5.41, 5.74) is 2.21. The monoisotopic (exact) mass is 488 g/mol. The second-order valence-electron chi connectivity index (χ2n) is 9.61. The van der Waals surface area contributed by atoms with Crippen LogP contribution in [0.5, 0.6) is 0 Å². The van der Waals surface area contributed by atoms with Crippen LogP contribution in [-0.4, -0.2) is 72.6 Å². The molecule has 7 nitrogen and oxygen atoms in total. The first kappa shape index (κ1) is 27.6. The van der Waals surface area contributed by atoms with Gasteiger partial charge in [0.15, 0.2) is 0 Å². The van der Waals surface area contributed by atoms with E-state index in [-0.39, 0.29) is 31.2 Å². The van der Waals surface area contributed by atoms with Gasteiger partial charge in [0.25, 0.3) is 0 Å². The van der Waals surface area contributed by atoms with E-state index in [4.69, 9.17) is 18.9 Å². The van der Waals surface area contributed by atoms with Gasteiger partial charge in [-0.15, -0.1) is 0 Å². The van der Waals surface area contributed by atoms with Crippen LogP contribution in [0.2, 0.25) is 0 Å². The summed E-state index contributed by atoms with van der Waals surface area (Å²) in [6.07, 6.45) is 13.2. The molecular formula is C28H40O7. The van der Waals surface area contributed by atoms with Crippen LogP contribution in [0.15, 0.2) is 60.3 Å². The highest BCUT2D eigenvalue weighted by Crippen LogP contribution is 2.25. The third-order valence-corrected chi connectivity index (χ3v) is 6.57. The van der Waals surface area contributed by atoms with Crippen LogP contribution in [0.3, 0.4) is 0 Å². The van der Waals surface area contributed by atoms with Gasteiger partial charge < -0.3 is 29.2 Å². The average Bonchev–Trinajstić information content (AvgIpc) is 2.81. The van der Waals surface area contributed by atoms with E-state index in [1.807, 2.05) is 24.3 Å². The zero-order chi connectivity index (χ0) is 25.2. The maximum absolute atomic E-state index is 12.8. The lowest BCUT2D eigenvalue weighted by Gasteiger charge is -2.32. The van der Waals surface area contributed by atoms with Crippen molar-refractivity contribution in [2.45, 2.75) is 94.6 Å². The molecule has 0 aromatic heterocycles. The number of hydrogen-bond donors (Lipinski definition) is 2. The number of fused-ring (bicyclic) bond motifs is 2. The predicted octanol–water partition coefficient (Wildman–Crippen LogP) is 3.72. The molecule has 3 aliphatic heterocycles. The molecular weight excluding hydrogens is 448 g/mol. The second kappa shape index (κ2) is 13.9. The van der Waals surface area contributed by atoms with E-state index in [0.29, 0.717) is 13.0 Å². The molecule has 194 valence electrons. The van der Waals surface area contributed by atoms with E-state index in [1.54, 1.807) is 25.3 Å². The minimum atomic E-state index is -1.02. The third kappa shape index (κ3) is 9.17. The Morgan fingerprint density at radius 3 is 2.83 bits per heavy atom. The van der Waals surface area contributed by atoms with Crippen molar-refractivity contribution in [3.8, 4) is 0 Å². The van der Waals surface area contributed by atoms with E-state index >= 15 is 0 Å². The van der Waals surface area contributed by atoms with Gasteiger partial charge in [0, 0.05) is 13.5 Å². The molecule has 0 aromatic carbocycles. The number of carbonyl (C=O) groups excluding carboxylic acids is 1. The van der Waals surface area contributed by atoms with Gasteiger partial charge in [0.05, 0.1) is 37.4 Å². The molecule has 0 aromatic rings. The topological polar surface area (TPSA) is 94.5 Å². The fraction of sp³-hybridized carbons (Fsp3) is 0.607. The molecule has 3 heterocycles. The number of aliphatic hydroxyl groups is 2. The number of methoxy groups -OCH3 is 1. The number of esters is 1. The Morgan fingerprint density at radius 2 is 2.06 bits per heavy atom. The van der Waals surface area contributed by atoms with Crippen LogP contribution in [0.1, 0.15) is 51.9 Å². The van der Waals surface area contributed by atoms with Gasteiger partial charge in [0.1, 0.15) is 18.3 Å². The van der Waals surface area contributed by atoms with E-state index in [1.165, 1.54) is 5.57 Å². The molecule has 2 N–H and O–H groups in total. The Bertz CT molecular complexity index is 827. The number of hydrogen-bond acceptors (Lipinski definition) is 7. The summed E-state index contributed by atoms with van der Waals surface area (Å²) in [6.45, 7) is 6.69. The first-order valence-electron chi connectivity index (χ1n) is 12.5. The molecule has 0 fully saturated rings. The highest BCUT2D eigenvalue weighted by Gasteiger charge is 2.30. The SMILES string of the molecule is C=C1CCC[C@H]2O[C@@H](C=C[C@@H]2OC)CC(=O)O[C@H]([C@@H](O)/C=C/[C@@H]2CC(C)=CCO2)C/C=C/C(O)C1. The molecule has 7 atom stereocenters. The summed E-state index contributed by atoms with van der Waals surface area (Å²) in [5.74, 6) is -0.450. The van der Waals surface area contributed by atoms with Gasteiger partial charge in [-0.3, -0.25) is 4.79 Å². The molecule has 2 bridgehead atoms. The van der Waals surface area contributed by atoms with E-state index < -0.39 is 30.4 Å². The van der Waals surface area contributed by atoms with Crippen molar-refractivity contribution in [2.75, 3.05) is 13.7 Å². The minimum absolute atomic E-state index is 0.0468. The van der Waals surface area contributed by atoms with E-state index in [2.05, 4.69) is 13.5 Å². The second-order valence-corrected chi connectivity index (χ2v) is 9.61. The first-order valence-corrected chi connectivity index (χ1v) is 12.5. The van der Waals surface area contributed by atoms with E-state index in [0.717, 1.165) is 31.3 Å². The summed E-state index contributed by atoms with van der Waals surface area (Å²) in [5, 5.41) is 21.2. The molecule has 0 spiro atoms. The normalized spacial score (nSPS) is 35.4. The fourth-order valence-corrected chi connectivity index (χ4v) is 4.57. The lowest BCUT2D eigenvalue weighted by molar-refractivity contribution is -0.158. The zero-order valence-corrected chi connectivity index (χ0v) is 20.9. The lowest BCUT2D eigenvalue weighted by atomic mass is 9.97. The van der Waals surface area contributed by atoms with Crippen LogP contribution < -0.4 is 0 Å². The molecule has 0 amide bonds. The summed E-state index contributed by atoms with van der Waals surface area (Å²) in [6, 6.07) is 0. The van der Waals surface area contributed by atoms with Crippen molar-refractivity contribution < 1.29 is 34.0 Å². The number of rotatable bonds is 4. The summed E-state index contributed by atoms with van der Waals surface area (Å²) < 4.78 is 23.0. The van der Waals surface area contributed by atoms with Crippen LogP contribution in [0.4, 0.5) is 0 Å². The minimum Gasteiger partial charge on any atom is -0.459 e. The Labute approximate surface area is 208 Å². The number of carbonyl (C=O) groups is 1. The standard InChI is InChI=1S/C28H40O7/c1-19-6-4-9-27-26(32-3)13-11-23(34-27)18-28(31)35-25(8-5-7-21(29)16-19)24(30)12-10-22-17-20(2)14-15-33-22/h5,7,10-14,21-27,29-30H,1,4,6,8-9,15-18H2,2-3H3/b7-5+,12-10+/t21?,22-,23+,24+,25+,26+,27-/m1/s1. The first-order chi connectivity index (χ1) is 16.8. The van der Waals surface area contributed by atoms with Crippen LogP contribution >= 0.6 is 0 Å². The molecule has 7 heteroatoms. The molecule has 0 aliphatic carbocycles. The molecule has 0 radical (unpaired) electrons. The quantitative estimate of drug-likeness (QED) is 0.460. The Kier molecular flexibility index (Phi) is 10.9. The van der Waals surface area contributed by atoms with E-state index in [9.17, 15) is 15.0 Å². The Balaban J connectivity index is 1.71. The maximum atomic E-state index is 12.8. The van der Waals surface area contributed by atoms with Gasteiger partial charge in [-0.2, -0.15) is 0 Å². The maximum Gasteiger partial charge on any atom is 0.309 e. The molecule has 3 rings (SSSR count). The smallest absolute Gasteiger partial charge is 0.309 e. The molecule has 35 heavy (non-hydrogen) atoms. The number of cyclic esters (lactones) is 1. The zero-order valence-electron chi connectivity index (χ0n) is 20.9. The van der Waals surface area contributed by atoms with Gasteiger partial charge in [-0.1, -0.05) is 60.3 Å². The lowest BCUT2D eigenvalue weighted by Crippen LogP contribution is -2.38. The predicted molar refractivity (Wildman–Crippen MR) is 134 cm³/mol. The Morgan fingerprint density at radius 1 is 1.23 bits per heavy atom. The number of ether oxygens (including phenoxy) is 4. The molecule has 3 aliphatic rings. The summed E-state index contributed by atoms with van der Waals surface area (Å²) >= 11 is 0. The Hall–Kier alpha value is -2.03. The van der Waals surface area contributed by atoms with Crippen molar-refractivity contribution in [3.05, 3.63) is 60.3 Å². The van der Waals surface area contributed by atoms with Crippen LogP contribution in [0.25, 0.3) is 0 Å². The average molecular weight is 489 g/mol. The van der Waals surface area contributed by atoms with Crippen molar-refractivity contribution in [1.82, 2.24) is 0 Å². The number of aliphatic hydroxyl groups excluding tert-OH is 2. The van der Waals surface area contributed by atoms with Crippen molar-refractivity contribution in [2.24, 2.45) is 0 Å². The molecule has 1 unspecified atom stereocenters. The van der Waals surface area contributed by atoms with Crippen molar-refractivity contribution >= 4 is 5.97 Å². The fourth-order valence-electron chi connectivity index (χ4n) is 4.57. The van der Waals surface area contributed by atoms with Gasteiger partial charge in [-0.25, -0.2) is 0 Å². The van der Waals surface area contributed by atoms with Gasteiger partial charge in [0.2, 0.25) is 0 Å². The third-order valence-electron chi connectivity index (χ3n) is 6.57. The summed E-state index contributed by atoms with van der Waals surface area (Å²) in [7, 11) is 1.64. The highest BCUT2D eigenvalue weighted by molar-refractivity contribution is 5.70. The van der Waals surface area contributed by atoms with Crippen LogP contribution in [-0.2, 0) is 23.7 Å². The van der Waals surface area contributed by atoms with Crippen molar-refractivity contribution in [1.29, 1.82) is 0 Å². The highest BCUT2D eigenvalue weighted by atomic mass is 16.6. The largest absolute Gasteiger partial charge is 0.459 e. The van der Waals surface area contributed by atoms with Gasteiger partial charge in [-0.05, 0) is 39.0 Å². The summed E-state index contributed by atoms with van der Waals surface area (Å²) in [4.78, 5) is 12.8. The van der Waals surface area contributed by atoms with Gasteiger partial charge >= 0.3 is 5.97 Å². The van der Waals surface area contributed by atoms with Crippen LogP contribution in [0, 0.1) is 0 Å².